The third kappa shape index (κ3) is 8.53. The predicted octanol–water partition coefficient (Wildman–Crippen LogP) is 2.08. The number of ether oxygens (including phenoxy) is 6. The summed E-state index contributed by atoms with van der Waals surface area (Å²) in [5, 5.41) is 2.68. The second kappa shape index (κ2) is 14.1. The molecule has 12 nitrogen and oxygen atoms in total. The summed E-state index contributed by atoms with van der Waals surface area (Å²) in [5.74, 6) is -3.36. The predicted molar refractivity (Wildman–Crippen MR) is 137 cm³/mol. The monoisotopic (exact) mass is 557 g/mol. The fourth-order valence-corrected chi connectivity index (χ4v) is 4.06. The minimum atomic E-state index is -1.50. The maximum atomic E-state index is 13.5. The van der Waals surface area contributed by atoms with E-state index < -0.39 is 67.0 Å². The standard InChI is InChI=1S/C28H31NO11/c1-16(30)35-15-23-25(37-17(2)31)26(38-18(3)32)24(28(40-23)39-19(4)33)29-27(34)21-12-8-9-13-22(21)36-14-20-10-6-5-7-11-20/h5-13,23-26,28H,14-15H2,1-4H3,(H,29,34)/t23-,24+,25+,26+,28-/m0/s1. The first-order valence-electron chi connectivity index (χ1n) is 12.4. The molecule has 0 unspecified atom stereocenters. The normalized spacial score (nSPS) is 21.9. The third-order valence-electron chi connectivity index (χ3n) is 5.65. The van der Waals surface area contributed by atoms with Crippen molar-refractivity contribution in [3.63, 3.8) is 0 Å². The van der Waals surface area contributed by atoms with Crippen molar-refractivity contribution < 1.29 is 52.4 Å². The van der Waals surface area contributed by atoms with Crippen LogP contribution in [0.25, 0.3) is 0 Å². The third-order valence-corrected chi connectivity index (χ3v) is 5.65. The number of hydrogen-bond donors (Lipinski definition) is 1. The van der Waals surface area contributed by atoms with Crippen LogP contribution in [0.3, 0.4) is 0 Å². The zero-order valence-electron chi connectivity index (χ0n) is 22.5. The number of amides is 1. The van der Waals surface area contributed by atoms with Gasteiger partial charge in [-0.3, -0.25) is 24.0 Å². The Kier molecular flexibility index (Phi) is 10.6. The van der Waals surface area contributed by atoms with Crippen LogP contribution < -0.4 is 10.1 Å². The summed E-state index contributed by atoms with van der Waals surface area (Å²) in [6.07, 6.45) is -5.42. The fourth-order valence-electron chi connectivity index (χ4n) is 4.06. The van der Waals surface area contributed by atoms with E-state index >= 15 is 0 Å². The maximum Gasteiger partial charge on any atom is 0.305 e. The molecular weight excluding hydrogens is 526 g/mol. The smallest absolute Gasteiger partial charge is 0.305 e. The molecule has 1 fully saturated rings. The highest BCUT2D eigenvalue weighted by Crippen LogP contribution is 2.29. The second-order valence-corrected chi connectivity index (χ2v) is 8.87. The Labute approximate surface area is 230 Å². The zero-order valence-corrected chi connectivity index (χ0v) is 22.5. The van der Waals surface area contributed by atoms with Gasteiger partial charge >= 0.3 is 23.9 Å². The minimum Gasteiger partial charge on any atom is -0.488 e. The first kappa shape index (κ1) is 30.1. The summed E-state index contributed by atoms with van der Waals surface area (Å²) < 4.78 is 32.9. The van der Waals surface area contributed by atoms with E-state index in [4.69, 9.17) is 28.4 Å². The molecule has 3 rings (SSSR count). The lowest BCUT2D eigenvalue weighted by molar-refractivity contribution is -0.270. The molecule has 40 heavy (non-hydrogen) atoms. The lowest BCUT2D eigenvalue weighted by Gasteiger charge is -2.44. The number of esters is 4. The molecular formula is C28H31NO11. The van der Waals surface area contributed by atoms with Crippen molar-refractivity contribution in [2.45, 2.75) is 64.9 Å². The molecule has 12 heteroatoms. The van der Waals surface area contributed by atoms with E-state index in [9.17, 15) is 24.0 Å². The van der Waals surface area contributed by atoms with E-state index in [-0.39, 0.29) is 17.9 Å². The number of benzene rings is 2. The van der Waals surface area contributed by atoms with Crippen LogP contribution in [0.1, 0.15) is 43.6 Å². The summed E-state index contributed by atoms with van der Waals surface area (Å²) in [6.45, 7) is 4.30. The van der Waals surface area contributed by atoms with Gasteiger partial charge in [0.25, 0.3) is 5.91 Å². The van der Waals surface area contributed by atoms with E-state index in [0.29, 0.717) is 0 Å². The highest BCUT2D eigenvalue weighted by Gasteiger charge is 2.52. The lowest BCUT2D eigenvalue weighted by atomic mass is 9.95. The molecule has 0 radical (unpaired) electrons. The molecule has 2 aromatic rings. The fraction of sp³-hybridized carbons (Fsp3) is 0.393. The van der Waals surface area contributed by atoms with E-state index in [1.165, 1.54) is 6.07 Å². The van der Waals surface area contributed by atoms with Gasteiger partial charge in [-0.15, -0.1) is 0 Å². The second-order valence-electron chi connectivity index (χ2n) is 8.87. The quantitative estimate of drug-likeness (QED) is 0.337. The number of carbonyl (C=O) groups is 5. The molecule has 1 amide bonds. The Hall–Kier alpha value is -4.45. The van der Waals surface area contributed by atoms with Crippen LogP contribution in [0.15, 0.2) is 54.6 Å². The summed E-state index contributed by atoms with van der Waals surface area (Å²) in [4.78, 5) is 61.0. The van der Waals surface area contributed by atoms with Crippen molar-refractivity contribution >= 4 is 29.8 Å². The lowest BCUT2D eigenvalue weighted by Crippen LogP contribution is -2.67. The van der Waals surface area contributed by atoms with E-state index in [0.717, 1.165) is 33.3 Å². The molecule has 0 saturated carbocycles. The molecule has 5 atom stereocenters. The van der Waals surface area contributed by atoms with Crippen molar-refractivity contribution in [3.05, 3.63) is 65.7 Å². The van der Waals surface area contributed by atoms with E-state index in [1.807, 2.05) is 30.3 Å². The van der Waals surface area contributed by atoms with Gasteiger partial charge in [-0.1, -0.05) is 42.5 Å². The maximum absolute atomic E-state index is 13.5. The largest absolute Gasteiger partial charge is 0.488 e. The molecule has 1 heterocycles. The molecule has 2 aromatic carbocycles. The van der Waals surface area contributed by atoms with Gasteiger partial charge in [-0.25, -0.2) is 0 Å². The Morgan fingerprint density at radius 3 is 1.98 bits per heavy atom. The molecule has 1 aliphatic rings. The number of carbonyl (C=O) groups excluding carboxylic acids is 5. The van der Waals surface area contributed by atoms with Gasteiger partial charge in [0.2, 0.25) is 6.29 Å². The summed E-state index contributed by atoms with van der Waals surface area (Å²) >= 11 is 0. The van der Waals surface area contributed by atoms with Crippen LogP contribution in [-0.2, 0) is 49.5 Å². The summed E-state index contributed by atoms with van der Waals surface area (Å²) in [5.41, 5.74) is 1.01. The van der Waals surface area contributed by atoms with Crippen LogP contribution in [-0.4, -0.2) is 67.0 Å². The SMILES string of the molecule is CC(=O)OC[C@@H]1O[C@H](OC(C)=O)[C@H](NC(=O)c2ccccc2OCc2ccccc2)[C@@H](OC(C)=O)[C@@H]1OC(C)=O. The Bertz CT molecular complexity index is 1220. The first-order chi connectivity index (χ1) is 19.0. The molecule has 0 aliphatic carbocycles. The van der Waals surface area contributed by atoms with Gasteiger partial charge in [-0.05, 0) is 17.7 Å². The number of rotatable bonds is 10. The first-order valence-corrected chi connectivity index (χ1v) is 12.4. The molecule has 1 N–H and O–H groups in total. The molecule has 0 bridgehead atoms. The van der Waals surface area contributed by atoms with Gasteiger partial charge in [0, 0.05) is 27.7 Å². The van der Waals surface area contributed by atoms with E-state index in [2.05, 4.69) is 5.32 Å². The minimum absolute atomic E-state index is 0.132. The van der Waals surface area contributed by atoms with Crippen molar-refractivity contribution in [3.8, 4) is 5.75 Å². The Morgan fingerprint density at radius 1 is 0.750 bits per heavy atom. The summed E-state index contributed by atoms with van der Waals surface area (Å²) in [7, 11) is 0. The van der Waals surface area contributed by atoms with Crippen LogP contribution in [0.4, 0.5) is 0 Å². The zero-order chi connectivity index (χ0) is 29.2. The van der Waals surface area contributed by atoms with Crippen molar-refractivity contribution in [1.82, 2.24) is 5.32 Å². The van der Waals surface area contributed by atoms with Crippen LogP contribution in [0.2, 0.25) is 0 Å². The van der Waals surface area contributed by atoms with Crippen molar-refractivity contribution in [2.75, 3.05) is 6.61 Å². The number of para-hydroxylation sites is 1. The summed E-state index contributed by atoms with van der Waals surface area (Å²) in [6, 6.07) is 14.5. The van der Waals surface area contributed by atoms with Gasteiger partial charge in [0.05, 0.1) is 5.56 Å². The van der Waals surface area contributed by atoms with E-state index in [1.54, 1.807) is 18.2 Å². The van der Waals surface area contributed by atoms with Crippen LogP contribution in [0, 0.1) is 0 Å². The molecule has 1 aliphatic heterocycles. The van der Waals surface area contributed by atoms with Gasteiger partial charge in [-0.2, -0.15) is 0 Å². The molecule has 0 aromatic heterocycles. The Balaban J connectivity index is 1.93. The van der Waals surface area contributed by atoms with Crippen molar-refractivity contribution in [1.29, 1.82) is 0 Å². The van der Waals surface area contributed by atoms with Gasteiger partial charge < -0.3 is 33.7 Å². The highest BCUT2D eigenvalue weighted by molar-refractivity contribution is 5.97. The average Bonchev–Trinajstić information content (AvgIpc) is 2.89. The van der Waals surface area contributed by atoms with Crippen LogP contribution >= 0.6 is 0 Å². The molecule has 1 saturated heterocycles. The van der Waals surface area contributed by atoms with Gasteiger partial charge in [0.1, 0.15) is 31.1 Å². The number of nitrogens with one attached hydrogen (secondary N) is 1. The van der Waals surface area contributed by atoms with Crippen LogP contribution in [0.5, 0.6) is 5.75 Å². The Morgan fingerprint density at radius 2 is 1.35 bits per heavy atom. The topological polar surface area (TPSA) is 153 Å². The number of hydrogen-bond acceptors (Lipinski definition) is 11. The highest BCUT2D eigenvalue weighted by atomic mass is 16.7. The molecule has 214 valence electrons. The van der Waals surface area contributed by atoms with Gasteiger partial charge in [0.15, 0.2) is 12.2 Å². The average molecular weight is 558 g/mol. The van der Waals surface area contributed by atoms with Crippen molar-refractivity contribution in [2.24, 2.45) is 0 Å². The molecule has 0 spiro atoms.